The zero-order chi connectivity index (χ0) is 25.1. The van der Waals surface area contributed by atoms with Crippen molar-refractivity contribution in [2.24, 2.45) is 4.99 Å². The molecule has 0 amide bonds. The van der Waals surface area contributed by atoms with Gasteiger partial charge in [0.15, 0.2) is 17.7 Å². The van der Waals surface area contributed by atoms with E-state index in [0.717, 1.165) is 12.0 Å². The molecular formula is C29H25N3O4. The minimum atomic E-state index is -0.593. The number of phenols is 1. The van der Waals surface area contributed by atoms with Crippen LogP contribution in [0.1, 0.15) is 46.1 Å². The molecule has 0 spiro atoms. The third-order valence-electron chi connectivity index (χ3n) is 6.22. The molecule has 1 aliphatic carbocycles. The average Bonchev–Trinajstić information content (AvgIpc) is 2.93. The van der Waals surface area contributed by atoms with Gasteiger partial charge in [-0.25, -0.2) is 4.99 Å². The van der Waals surface area contributed by atoms with Crippen molar-refractivity contribution in [3.05, 3.63) is 119 Å². The fourth-order valence-corrected chi connectivity index (χ4v) is 4.24. The third kappa shape index (κ3) is 4.63. The molecule has 7 nitrogen and oxygen atoms in total. The van der Waals surface area contributed by atoms with Crippen molar-refractivity contribution in [3.63, 3.8) is 0 Å². The second kappa shape index (κ2) is 9.92. The monoisotopic (exact) mass is 479 g/mol. The first-order valence-electron chi connectivity index (χ1n) is 11.7. The highest BCUT2D eigenvalue weighted by Gasteiger charge is 2.26. The summed E-state index contributed by atoms with van der Waals surface area (Å²) in [4.78, 5) is 30.3. The number of nitrogens with one attached hydrogen (secondary N) is 2. The number of benzene rings is 3. The van der Waals surface area contributed by atoms with Crippen LogP contribution in [0.5, 0.6) is 11.5 Å². The van der Waals surface area contributed by atoms with Crippen LogP contribution in [0.2, 0.25) is 0 Å². The van der Waals surface area contributed by atoms with Crippen molar-refractivity contribution < 1.29 is 19.4 Å². The number of hydrogen-bond donors (Lipinski definition) is 3. The highest BCUT2D eigenvalue weighted by Crippen LogP contribution is 2.29. The Morgan fingerprint density at radius 1 is 1.00 bits per heavy atom. The summed E-state index contributed by atoms with van der Waals surface area (Å²) < 4.78 is 5.16. The normalized spacial score (nSPS) is 19.2. The molecule has 3 N–H and O–H groups in total. The first-order chi connectivity index (χ1) is 17.5. The van der Waals surface area contributed by atoms with E-state index < -0.39 is 6.17 Å². The summed E-state index contributed by atoms with van der Waals surface area (Å²) in [5.41, 5.74) is 3.09. The number of amidine groups is 1. The van der Waals surface area contributed by atoms with E-state index in [-0.39, 0.29) is 17.3 Å². The molecule has 0 bridgehead atoms. The fourth-order valence-electron chi connectivity index (χ4n) is 4.24. The van der Waals surface area contributed by atoms with E-state index in [1.807, 2.05) is 24.3 Å². The molecule has 1 aliphatic heterocycles. The number of para-hydroxylation sites is 1. The van der Waals surface area contributed by atoms with E-state index in [1.165, 1.54) is 0 Å². The lowest BCUT2D eigenvalue weighted by Crippen LogP contribution is -2.41. The number of aliphatic imine (C=N–C) groups is 1. The summed E-state index contributed by atoms with van der Waals surface area (Å²) in [6.07, 6.45) is 4.22. The standard InChI is InChI=1S/C29H25N3O4/c1-36-21-16-14-19(15-17-21)26(35)18-10-12-20(13-11-18)27-30-28(22-6-2-4-8-24(22)33)32-29(31-27)23-7-3-5-9-25(23)34/h2,4-6,8-17,28,32-33H,3,7H2,1H3,(H,30,31). The van der Waals surface area contributed by atoms with Crippen LogP contribution in [0.4, 0.5) is 0 Å². The SMILES string of the molecule is COc1ccc(C(=O)c2ccc(C3=NC(c4ccccc4O)NC(=C4CCC=CC4=O)N3)cc2)cc1. The van der Waals surface area contributed by atoms with Crippen molar-refractivity contribution in [2.45, 2.75) is 19.0 Å². The van der Waals surface area contributed by atoms with Gasteiger partial charge in [0.2, 0.25) is 0 Å². The Morgan fingerprint density at radius 2 is 1.69 bits per heavy atom. The van der Waals surface area contributed by atoms with Crippen LogP contribution < -0.4 is 15.4 Å². The van der Waals surface area contributed by atoms with E-state index in [2.05, 4.69) is 10.6 Å². The van der Waals surface area contributed by atoms with Gasteiger partial charge in [-0.3, -0.25) is 9.59 Å². The molecule has 7 heteroatoms. The molecule has 2 aliphatic rings. The van der Waals surface area contributed by atoms with Crippen LogP contribution in [-0.4, -0.2) is 29.6 Å². The molecule has 0 fully saturated rings. The van der Waals surface area contributed by atoms with Crippen LogP contribution in [-0.2, 0) is 4.79 Å². The number of rotatable bonds is 5. The van der Waals surface area contributed by atoms with Crippen molar-refractivity contribution in [1.29, 1.82) is 0 Å². The summed E-state index contributed by atoms with van der Waals surface area (Å²) in [7, 11) is 1.58. The lowest BCUT2D eigenvalue weighted by Gasteiger charge is -2.29. The van der Waals surface area contributed by atoms with Gasteiger partial charge in [0, 0.05) is 27.8 Å². The molecule has 0 saturated carbocycles. The van der Waals surface area contributed by atoms with Crippen molar-refractivity contribution in [3.8, 4) is 11.5 Å². The highest BCUT2D eigenvalue weighted by atomic mass is 16.5. The predicted octanol–water partition coefficient (Wildman–Crippen LogP) is 4.40. The molecule has 180 valence electrons. The van der Waals surface area contributed by atoms with E-state index in [4.69, 9.17) is 9.73 Å². The topological polar surface area (TPSA) is 100 Å². The summed E-state index contributed by atoms with van der Waals surface area (Å²) in [5, 5.41) is 17.0. The van der Waals surface area contributed by atoms with Crippen molar-refractivity contribution in [1.82, 2.24) is 10.6 Å². The maximum absolute atomic E-state index is 12.9. The van der Waals surface area contributed by atoms with Gasteiger partial charge in [0.1, 0.15) is 23.2 Å². The number of aromatic hydroxyl groups is 1. The second-order valence-electron chi connectivity index (χ2n) is 8.50. The molecule has 0 radical (unpaired) electrons. The Hall–Kier alpha value is -4.65. The number of methoxy groups -OCH3 is 1. The van der Waals surface area contributed by atoms with E-state index in [9.17, 15) is 14.7 Å². The molecule has 5 rings (SSSR count). The number of ether oxygens (including phenoxy) is 1. The zero-order valence-corrected chi connectivity index (χ0v) is 19.7. The van der Waals surface area contributed by atoms with Gasteiger partial charge in [-0.15, -0.1) is 0 Å². The first kappa shape index (κ1) is 23.1. The van der Waals surface area contributed by atoms with E-state index in [0.29, 0.717) is 46.1 Å². The van der Waals surface area contributed by atoms with Crippen LogP contribution in [0.25, 0.3) is 0 Å². The molecule has 3 aromatic carbocycles. The maximum Gasteiger partial charge on any atom is 0.193 e. The molecule has 3 aromatic rings. The summed E-state index contributed by atoms with van der Waals surface area (Å²) >= 11 is 0. The van der Waals surface area contributed by atoms with Crippen molar-refractivity contribution in [2.75, 3.05) is 7.11 Å². The predicted molar refractivity (Wildman–Crippen MR) is 137 cm³/mol. The molecule has 1 atom stereocenters. The minimum Gasteiger partial charge on any atom is -0.508 e. The van der Waals surface area contributed by atoms with E-state index in [1.54, 1.807) is 67.8 Å². The smallest absolute Gasteiger partial charge is 0.193 e. The number of phenolic OH excluding ortho intramolecular Hbond substituents is 1. The van der Waals surface area contributed by atoms with Crippen molar-refractivity contribution >= 4 is 17.4 Å². The Balaban J connectivity index is 1.48. The Kier molecular flexibility index (Phi) is 6.36. The second-order valence-corrected chi connectivity index (χ2v) is 8.50. The van der Waals surface area contributed by atoms with Gasteiger partial charge in [-0.2, -0.15) is 0 Å². The van der Waals surface area contributed by atoms with E-state index >= 15 is 0 Å². The lowest BCUT2D eigenvalue weighted by atomic mass is 9.98. The van der Waals surface area contributed by atoms with Gasteiger partial charge in [-0.1, -0.05) is 48.5 Å². The number of nitrogens with zero attached hydrogens (tertiary/aromatic N) is 1. The Bertz CT molecular complexity index is 1400. The van der Waals surface area contributed by atoms with Gasteiger partial charge >= 0.3 is 0 Å². The summed E-state index contributed by atoms with van der Waals surface area (Å²) in [5.74, 6) is 1.75. The molecule has 0 saturated heterocycles. The average molecular weight is 480 g/mol. The zero-order valence-electron chi connectivity index (χ0n) is 19.7. The fraction of sp³-hybridized carbons (Fsp3) is 0.138. The number of hydrogen-bond acceptors (Lipinski definition) is 7. The first-order valence-corrected chi connectivity index (χ1v) is 11.7. The lowest BCUT2D eigenvalue weighted by molar-refractivity contribution is -0.111. The number of allylic oxidation sites excluding steroid dienone is 3. The molecule has 0 aromatic heterocycles. The minimum absolute atomic E-state index is 0.0611. The molecule has 1 heterocycles. The largest absolute Gasteiger partial charge is 0.508 e. The Labute approximate surface area is 208 Å². The number of carbonyl (C=O) groups excluding carboxylic acids is 2. The van der Waals surface area contributed by atoms with Gasteiger partial charge in [0.25, 0.3) is 0 Å². The van der Waals surface area contributed by atoms with Gasteiger partial charge in [-0.05, 0) is 49.2 Å². The van der Waals surface area contributed by atoms with Gasteiger partial charge in [0.05, 0.1) is 7.11 Å². The quantitative estimate of drug-likeness (QED) is 0.371. The van der Waals surface area contributed by atoms with Crippen LogP contribution in [0.15, 0.2) is 101 Å². The van der Waals surface area contributed by atoms with Crippen LogP contribution >= 0.6 is 0 Å². The Morgan fingerprint density at radius 3 is 2.36 bits per heavy atom. The number of ketones is 2. The van der Waals surface area contributed by atoms with Crippen LogP contribution in [0, 0.1) is 0 Å². The highest BCUT2D eigenvalue weighted by molar-refractivity contribution is 6.10. The maximum atomic E-state index is 12.9. The molecule has 1 unspecified atom stereocenters. The van der Waals surface area contributed by atoms with Gasteiger partial charge < -0.3 is 20.5 Å². The molecular weight excluding hydrogens is 454 g/mol. The number of carbonyl (C=O) groups is 2. The molecule has 36 heavy (non-hydrogen) atoms. The van der Waals surface area contributed by atoms with Crippen LogP contribution in [0.3, 0.4) is 0 Å². The third-order valence-corrected chi connectivity index (χ3v) is 6.22. The summed E-state index contributed by atoms with van der Waals surface area (Å²) in [6, 6.07) is 21.1. The summed E-state index contributed by atoms with van der Waals surface area (Å²) in [6.45, 7) is 0.